The lowest BCUT2D eigenvalue weighted by atomic mass is 10.1. The van der Waals surface area contributed by atoms with E-state index in [0.29, 0.717) is 12.6 Å². The monoisotopic (exact) mass is 367 g/mol. The molecule has 144 valence electrons. The Morgan fingerprint density at radius 3 is 2.19 bits per heavy atom. The van der Waals surface area contributed by atoms with Crippen LogP contribution in [0.3, 0.4) is 0 Å². The lowest BCUT2D eigenvalue weighted by molar-refractivity contribution is -0.119. The highest BCUT2D eigenvalue weighted by Gasteiger charge is 2.28. The van der Waals surface area contributed by atoms with Crippen LogP contribution >= 0.6 is 0 Å². The second-order valence-corrected chi connectivity index (χ2v) is 7.09. The minimum atomic E-state index is -0.406. The summed E-state index contributed by atoms with van der Waals surface area (Å²) in [5.74, 6) is 0.447. The summed E-state index contributed by atoms with van der Waals surface area (Å²) in [5, 5.41) is 0. The molecule has 0 heterocycles. The van der Waals surface area contributed by atoms with E-state index >= 15 is 0 Å². The Labute approximate surface area is 161 Å². The van der Waals surface area contributed by atoms with E-state index in [1.54, 1.807) is 7.11 Å². The first-order valence-corrected chi connectivity index (χ1v) is 9.59. The molecular formula is C22H29N3O2. The predicted octanol–water partition coefficient (Wildman–Crippen LogP) is 3.56. The van der Waals surface area contributed by atoms with E-state index in [1.807, 2.05) is 36.1 Å². The van der Waals surface area contributed by atoms with Gasteiger partial charge in [0.2, 0.25) is 5.91 Å². The third-order valence-corrected chi connectivity index (χ3v) is 5.23. The summed E-state index contributed by atoms with van der Waals surface area (Å²) < 4.78 is 5.23. The zero-order valence-corrected chi connectivity index (χ0v) is 16.4. The summed E-state index contributed by atoms with van der Waals surface area (Å²) in [6.07, 6.45) is 2.58. The molecular weight excluding hydrogens is 338 g/mol. The smallest absolute Gasteiger partial charge is 0.239 e. The molecule has 3 rings (SSSR count). The van der Waals surface area contributed by atoms with Crippen molar-refractivity contribution in [3.63, 3.8) is 0 Å². The molecule has 0 radical (unpaired) electrons. The highest BCUT2D eigenvalue weighted by Crippen LogP contribution is 2.31. The van der Waals surface area contributed by atoms with Crippen LogP contribution in [0.25, 0.3) is 0 Å². The number of primary amides is 1. The number of methoxy groups -OCH3 is 1. The van der Waals surface area contributed by atoms with E-state index in [9.17, 15) is 4.79 Å². The number of nitrogens with two attached hydrogens (primary N) is 1. The number of nitrogens with zero attached hydrogens (tertiary/aromatic N) is 2. The first-order valence-electron chi connectivity index (χ1n) is 9.59. The average Bonchev–Trinajstić information content (AvgIpc) is 3.52. The first kappa shape index (κ1) is 19.1. The summed E-state index contributed by atoms with van der Waals surface area (Å²) in [7, 11) is 1.64. The molecule has 1 fully saturated rings. The van der Waals surface area contributed by atoms with Crippen molar-refractivity contribution in [2.24, 2.45) is 5.73 Å². The zero-order chi connectivity index (χ0) is 19.4. The molecule has 2 aromatic rings. The van der Waals surface area contributed by atoms with Gasteiger partial charge in [0, 0.05) is 30.5 Å². The molecule has 0 bridgehead atoms. The van der Waals surface area contributed by atoms with Crippen LogP contribution in [-0.4, -0.2) is 31.6 Å². The van der Waals surface area contributed by atoms with Gasteiger partial charge in [0.25, 0.3) is 0 Å². The van der Waals surface area contributed by atoms with Gasteiger partial charge in [0.05, 0.1) is 7.11 Å². The van der Waals surface area contributed by atoms with Gasteiger partial charge in [-0.3, -0.25) is 4.79 Å². The number of amides is 1. The molecule has 0 saturated heterocycles. The molecule has 0 aliphatic heterocycles. The van der Waals surface area contributed by atoms with Crippen LogP contribution in [-0.2, 0) is 11.3 Å². The van der Waals surface area contributed by atoms with Gasteiger partial charge >= 0.3 is 0 Å². The molecule has 0 aromatic heterocycles. The fraction of sp³-hybridized carbons (Fsp3) is 0.409. The molecule has 27 heavy (non-hydrogen) atoms. The lowest BCUT2D eigenvalue weighted by Crippen LogP contribution is -2.42. The Bertz CT molecular complexity index is 754. The standard InChI is InChI=1S/C22H29N3O2/c1-4-24(19-9-10-19)18-7-5-17(6-8-18)15-25(16(2)22(23)26)20-11-13-21(27-3)14-12-20/h5-8,11-14,16,19H,4,9-10,15H2,1-3H3,(H2,23,26)/t16-/m0/s1. The molecule has 1 saturated carbocycles. The van der Waals surface area contributed by atoms with E-state index in [4.69, 9.17) is 10.5 Å². The molecule has 1 aliphatic carbocycles. The van der Waals surface area contributed by atoms with Crippen molar-refractivity contribution in [2.45, 2.75) is 45.3 Å². The number of hydrogen-bond acceptors (Lipinski definition) is 4. The van der Waals surface area contributed by atoms with Gasteiger partial charge < -0.3 is 20.3 Å². The van der Waals surface area contributed by atoms with E-state index in [0.717, 1.165) is 23.5 Å². The number of anilines is 2. The van der Waals surface area contributed by atoms with Crippen LogP contribution in [0, 0.1) is 0 Å². The summed E-state index contributed by atoms with van der Waals surface area (Å²) >= 11 is 0. The van der Waals surface area contributed by atoms with Gasteiger partial charge in [-0.25, -0.2) is 0 Å². The van der Waals surface area contributed by atoms with E-state index in [2.05, 4.69) is 36.1 Å². The van der Waals surface area contributed by atoms with Crippen LogP contribution in [0.1, 0.15) is 32.3 Å². The number of ether oxygens (including phenoxy) is 1. The molecule has 1 aliphatic rings. The molecule has 0 spiro atoms. The van der Waals surface area contributed by atoms with Gasteiger partial charge in [-0.1, -0.05) is 12.1 Å². The Morgan fingerprint density at radius 2 is 1.70 bits per heavy atom. The largest absolute Gasteiger partial charge is 0.497 e. The SMILES string of the molecule is CCN(c1ccc(CN(c2ccc(OC)cc2)[C@@H](C)C(N)=O)cc1)C1CC1. The minimum Gasteiger partial charge on any atom is -0.497 e. The maximum atomic E-state index is 11.8. The Balaban J connectivity index is 1.79. The second-order valence-electron chi connectivity index (χ2n) is 7.09. The van der Waals surface area contributed by atoms with Gasteiger partial charge in [-0.2, -0.15) is 0 Å². The second kappa shape index (κ2) is 8.33. The van der Waals surface area contributed by atoms with Gasteiger partial charge in [-0.15, -0.1) is 0 Å². The number of hydrogen-bond donors (Lipinski definition) is 1. The average molecular weight is 367 g/mol. The van der Waals surface area contributed by atoms with Gasteiger partial charge in [-0.05, 0) is 68.7 Å². The van der Waals surface area contributed by atoms with Crippen LogP contribution in [0.4, 0.5) is 11.4 Å². The molecule has 0 unspecified atom stereocenters. The van der Waals surface area contributed by atoms with Crippen LogP contribution in [0.15, 0.2) is 48.5 Å². The molecule has 5 nitrogen and oxygen atoms in total. The van der Waals surface area contributed by atoms with Gasteiger partial charge in [0.1, 0.15) is 11.8 Å². The maximum absolute atomic E-state index is 11.8. The summed E-state index contributed by atoms with van der Waals surface area (Å²) in [6, 6.07) is 16.6. The Morgan fingerprint density at radius 1 is 1.11 bits per heavy atom. The Kier molecular flexibility index (Phi) is 5.89. The Hall–Kier alpha value is -2.69. The predicted molar refractivity (Wildman–Crippen MR) is 110 cm³/mol. The van der Waals surface area contributed by atoms with Crippen molar-refractivity contribution in [3.8, 4) is 5.75 Å². The quantitative estimate of drug-likeness (QED) is 0.736. The molecule has 2 N–H and O–H groups in total. The van der Waals surface area contributed by atoms with E-state index in [1.165, 1.54) is 18.5 Å². The van der Waals surface area contributed by atoms with E-state index < -0.39 is 6.04 Å². The van der Waals surface area contributed by atoms with Crippen LogP contribution < -0.4 is 20.3 Å². The van der Waals surface area contributed by atoms with Crippen molar-refractivity contribution < 1.29 is 9.53 Å². The van der Waals surface area contributed by atoms with Crippen molar-refractivity contribution >= 4 is 17.3 Å². The fourth-order valence-electron chi connectivity index (χ4n) is 3.41. The number of rotatable bonds is 9. The zero-order valence-electron chi connectivity index (χ0n) is 16.4. The minimum absolute atomic E-state index is 0.340. The number of carbonyl (C=O) groups excluding carboxylic acids is 1. The lowest BCUT2D eigenvalue weighted by Gasteiger charge is -2.30. The van der Waals surface area contributed by atoms with Gasteiger partial charge in [0.15, 0.2) is 0 Å². The maximum Gasteiger partial charge on any atom is 0.239 e. The third-order valence-electron chi connectivity index (χ3n) is 5.23. The molecule has 1 amide bonds. The highest BCUT2D eigenvalue weighted by atomic mass is 16.5. The van der Waals surface area contributed by atoms with E-state index in [-0.39, 0.29) is 5.91 Å². The van der Waals surface area contributed by atoms with Crippen molar-refractivity contribution in [2.75, 3.05) is 23.5 Å². The summed E-state index contributed by atoms with van der Waals surface area (Å²) in [4.78, 5) is 16.3. The van der Waals surface area contributed by atoms with Crippen molar-refractivity contribution in [3.05, 3.63) is 54.1 Å². The fourth-order valence-corrected chi connectivity index (χ4v) is 3.41. The summed E-state index contributed by atoms with van der Waals surface area (Å²) in [6.45, 7) is 5.69. The van der Waals surface area contributed by atoms with Crippen molar-refractivity contribution in [1.82, 2.24) is 0 Å². The third kappa shape index (κ3) is 4.54. The highest BCUT2D eigenvalue weighted by molar-refractivity contribution is 5.83. The summed E-state index contributed by atoms with van der Waals surface area (Å²) in [5.41, 5.74) is 8.95. The molecule has 1 atom stereocenters. The number of benzene rings is 2. The normalized spacial score (nSPS) is 14.5. The molecule has 2 aromatic carbocycles. The molecule has 5 heteroatoms. The van der Waals surface area contributed by atoms with Crippen molar-refractivity contribution in [1.29, 1.82) is 0 Å². The van der Waals surface area contributed by atoms with Crippen LogP contribution in [0.5, 0.6) is 5.75 Å². The topological polar surface area (TPSA) is 58.8 Å². The number of carbonyl (C=O) groups is 1. The first-order chi connectivity index (χ1) is 13.0. The van der Waals surface area contributed by atoms with Crippen LogP contribution in [0.2, 0.25) is 0 Å².